The molecule has 0 N–H and O–H groups in total. The fraction of sp³-hybridized carbons (Fsp3) is 0.562. The summed E-state index contributed by atoms with van der Waals surface area (Å²) in [6.07, 6.45) is 4.49. The lowest BCUT2D eigenvalue weighted by Crippen LogP contribution is -2.30. The molecule has 1 aliphatic heterocycles. The number of nitrogens with zero attached hydrogens (tertiary/aromatic N) is 1. The molecule has 0 aliphatic carbocycles. The molecular formula is C16H20BrF2NO. The van der Waals surface area contributed by atoms with Gasteiger partial charge in [0.1, 0.15) is 11.6 Å². The Kier molecular flexibility index (Phi) is 5.73. The van der Waals surface area contributed by atoms with Gasteiger partial charge in [-0.1, -0.05) is 19.8 Å². The fourth-order valence-electron chi connectivity index (χ4n) is 2.86. The van der Waals surface area contributed by atoms with E-state index in [1.165, 1.54) is 12.1 Å². The van der Waals surface area contributed by atoms with Crippen LogP contribution >= 0.6 is 15.9 Å². The molecule has 2 rings (SSSR count). The van der Waals surface area contributed by atoms with Crippen LogP contribution in [-0.4, -0.2) is 17.4 Å². The zero-order valence-corrected chi connectivity index (χ0v) is 13.8. The molecule has 1 heterocycles. The first-order valence-corrected chi connectivity index (χ1v) is 8.22. The molecular weight excluding hydrogens is 340 g/mol. The lowest BCUT2D eigenvalue weighted by atomic mass is 9.96. The second-order valence-corrected chi connectivity index (χ2v) is 6.47. The second-order valence-electron chi connectivity index (χ2n) is 5.62. The number of likely N-dealkylation sites (tertiary alicyclic amines) is 1. The Labute approximate surface area is 132 Å². The molecule has 0 bridgehead atoms. The quantitative estimate of drug-likeness (QED) is 0.716. The molecule has 1 aliphatic rings. The third-order valence-corrected chi connectivity index (χ3v) is 4.72. The first-order chi connectivity index (χ1) is 10.0. The number of hydrogen-bond acceptors (Lipinski definition) is 1. The van der Waals surface area contributed by atoms with Crippen LogP contribution in [0.5, 0.6) is 0 Å². The molecule has 1 fully saturated rings. The van der Waals surface area contributed by atoms with Crippen molar-refractivity contribution in [3.8, 4) is 0 Å². The van der Waals surface area contributed by atoms with Crippen molar-refractivity contribution in [2.75, 3.05) is 6.54 Å². The molecule has 21 heavy (non-hydrogen) atoms. The van der Waals surface area contributed by atoms with Gasteiger partial charge in [0.25, 0.3) is 0 Å². The van der Waals surface area contributed by atoms with Gasteiger partial charge in [-0.15, -0.1) is 0 Å². The smallest absolute Gasteiger partial charge is 0.222 e. The first kappa shape index (κ1) is 16.4. The number of benzene rings is 1. The fourth-order valence-corrected chi connectivity index (χ4v) is 3.23. The summed E-state index contributed by atoms with van der Waals surface area (Å²) in [5.74, 6) is -0.677. The van der Waals surface area contributed by atoms with Crippen LogP contribution < -0.4 is 0 Å². The summed E-state index contributed by atoms with van der Waals surface area (Å²) in [6, 6.07) is 2.57. The Balaban J connectivity index is 2.12. The van der Waals surface area contributed by atoms with Gasteiger partial charge in [0.15, 0.2) is 0 Å². The van der Waals surface area contributed by atoms with Crippen LogP contribution in [0.1, 0.15) is 44.6 Å². The molecule has 1 saturated heterocycles. The summed E-state index contributed by atoms with van der Waals surface area (Å²) >= 11 is 3.06. The van der Waals surface area contributed by atoms with Crippen LogP contribution in [-0.2, 0) is 11.3 Å². The zero-order chi connectivity index (χ0) is 15.4. The number of carbonyl (C=O) groups is 1. The summed E-state index contributed by atoms with van der Waals surface area (Å²) in [5, 5.41) is 0. The predicted octanol–water partition coefficient (Wildman–Crippen LogP) is 4.66. The molecule has 2 nitrogen and oxygen atoms in total. The zero-order valence-electron chi connectivity index (χ0n) is 12.2. The highest BCUT2D eigenvalue weighted by Crippen LogP contribution is 2.26. The highest BCUT2D eigenvalue weighted by atomic mass is 79.9. The van der Waals surface area contributed by atoms with E-state index in [1.807, 2.05) is 0 Å². The van der Waals surface area contributed by atoms with Crippen molar-refractivity contribution in [1.29, 1.82) is 0 Å². The Morgan fingerprint density at radius 2 is 2.10 bits per heavy atom. The van der Waals surface area contributed by atoms with Crippen molar-refractivity contribution in [3.05, 3.63) is 33.8 Å². The van der Waals surface area contributed by atoms with E-state index in [9.17, 15) is 13.6 Å². The number of halogens is 3. The van der Waals surface area contributed by atoms with Crippen LogP contribution in [0.2, 0.25) is 0 Å². The molecule has 0 radical (unpaired) electrons. The standard InChI is InChI=1S/C16H20BrF2NO/c1-2-3-11-4-7-15(21)20(9-8-11)10-12-14(18)6-5-13(17)16(12)19/h5-6,11H,2-4,7-10H2,1H3. The average Bonchev–Trinajstić information content (AvgIpc) is 2.63. The largest absolute Gasteiger partial charge is 0.338 e. The van der Waals surface area contributed by atoms with Crippen molar-refractivity contribution in [3.63, 3.8) is 0 Å². The van der Waals surface area contributed by atoms with E-state index in [1.54, 1.807) is 4.90 Å². The van der Waals surface area contributed by atoms with Gasteiger partial charge in [-0.25, -0.2) is 8.78 Å². The van der Waals surface area contributed by atoms with Crippen LogP contribution in [0.15, 0.2) is 16.6 Å². The van der Waals surface area contributed by atoms with E-state index in [-0.39, 0.29) is 22.5 Å². The van der Waals surface area contributed by atoms with Gasteiger partial charge in [-0.2, -0.15) is 0 Å². The molecule has 1 aromatic rings. The molecule has 1 amide bonds. The maximum absolute atomic E-state index is 14.0. The molecule has 116 valence electrons. The van der Waals surface area contributed by atoms with Gasteiger partial charge >= 0.3 is 0 Å². The maximum Gasteiger partial charge on any atom is 0.222 e. The van der Waals surface area contributed by atoms with Crippen LogP contribution in [0, 0.1) is 17.6 Å². The summed E-state index contributed by atoms with van der Waals surface area (Å²) in [6.45, 7) is 2.72. The molecule has 0 aromatic heterocycles. The van der Waals surface area contributed by atoms with E-state index < -0.39 is 11.6 Å². The van der Waals surface area contributed by atoms with Crippen molar-refractivity contribution in [2.45, 2.75) is 45.6 Å². The highest BCUT2D eigenvalue weighted by molar-refractivity contribution is 9.10. The number of hydrogen-bond donors (Lipinski definition) is 0. The Bertz CT molecular complexity index is 521. The van der Waals surface area contributed by atoms with E-state index >= 15 is 0 Å². The first-order valence-electron chi connectivity index (χ1n) is 7.43. The highest BCUT2D eigenvalue weighted by Gasteiger charge is 2.24. The molecule has 0 spiro atoms. The van der Waals surface area contributed by atoms with Gasteiger partial charge in [0, 0.05) is 18.5 Å². The molecule has 5 heteroatoms. The van der Waals surface area contributed by atoms with E-state index in [0.29, 0.717) is 18.9 Å². The van der Waals surface area contributed by atoms with Gasteiger partial charge in [-0.3, -0.25) is 4.79 Å². The summed E-state index contributed by atoms with van der Waals surface area (Å²) in [4.78, 5) is 13.7. The molecule has 0 saturated carbocycles. The van der Waals surface area contributed by atoms with Crippen LogP contribution in [0.4, 0.5) is 8.78 Å². The maximum atomic E-state index is 14.0. The average molecular weight is 360 g/mol. The minimum Gasteiger partial charge on any atom is -0.338 e. The van der Waals surface area contributed by atoms with Crippen molar-refractivity contribution in [2.24, 2.45) is 5.92 Å². The number of amides is 1. The van der Waals surface area contributed by atoms with E-state index in [0.717, 1.165) is 25.7 Å². The summed E-state index contributed by atoms with van der Waals surface area (Å²) in [5.41, 5.74) is -0.0355. The Morgan fingerprint density at radius 1 is 1.33 bits per heavy atom. The summed E-state index contributed by atoms with van der Waals surface area (Å²) in [7, 11) is 0. The Hall–Kier alpha value is -0.970. The number of rotatable bonds is 4. The molecule has 1 aromatic carbocycles. The number of carbonyl (C=O) groups excluding carboxylic acids is 1. The summed E-state index contributed by atoms with van der Waals surface area (Å²) < 4.78 is 28.1. The Morgan fingerprint density at radius 3 is 2.81 bits per heavy atom. The van der Waals surface area contributed by atoms with E-state index in [4.69, 9.17) is 0 Å². The molecule has 1 unspecified atom stereocenters. The predicted molar refractivity (Wildman–Crippen MR) is 81.7 cm³/mol. The third kappa shape index (κ3) is 4.02. The van der Waals surface area contributed by atoms with Crippen molar-refractivity contribution in [1.82, 2.24) is 4.90 Å². The van der Waals surface area contributed by atoms with Crippen LogP contribution in [0.3, 0.4) is 0 Å². The topological polar surface area (TPSA) is 20.3 Å². The van der Waals surface area contributed by atoms with Crippen molar-refractivity contribution >= 4 is 21.8 Å². The molecule has 1 atom stereocenters. The minimum atomic E-state index is -0.614. The lowest BCUT2D eigenvalue weighted by molar-refractivity contribution is -0.131. The monoisotopic (exact) mass is 359 g/mol. The van der Waals surface area contributed by atoms with Gasteiger partial charge in [0.2, 0.25) is 5.91 Å². The normalized spacial score (nSPS) is 19.7. The van der Waals surface area contributed by atoms with Gasteiger partial charge in [-0.05, 0) is 46.8 Å². The van der Waals surface area contributed by atoms with Crippen molar-refractivity contribution < 1.29 is 13.6 Å². The van der Waals surface area contributed by atoms with E-state index in [2.05, 4.69) is 22.9 Å². The third-order valence-electron chi connectivity index (χ3n) is 4.11. The SMILES string of the molecule is CCCC1CCC(=O)N(Cc2c(F)ccc(Br)c2F)CC1. The lowest BCUT2D eigenvalue weighted by Gasteiger charge is -2.21. The second kappa shape index (κ2) is 7.34. The van der Waals surface area contributed by atoms with Gasteiger partial charge in [0.05, 0.1) is 11.0 Å². The van der Waals surface area contributed by atoms with Gasteiger partial charge < -0.3 is 4.90 Å². The van der Waals surface area contributed by atoms with Crippen LogP contribution in [0.25, 0.3) is 0 Å². The minimum absolute atomic E-state index is 0.00706.